The predicted molar refractivity (Wildman–Crippen MR) is 63.9 cm³/mol. The summed E-state index contributed by atoms with van der Waals surface area (Å²) in [6.07, 6.45) is 3.25. The van der Waals surface area contributed by atoms with Crippen LogP contribution in [0.3, 0.4) is 0 Å². The molecule has 0 fully saturated rings. The van der Waals surface area contributed by atoms with Gasteiger partial charge in [-0.25, -0.2) is 4.79 Å². The first-order chi connectivity index (χ1) is 7.72. The summed E-state index contributed by atoms with van der Waals surface area (Å²) in [5, 5.41) is 0. The van der Waals surface area contributed by atoms with Crippen LogP contribution in [0.4, 0.5) is 0 Å². The van der Waals surface area contributed by atoms with Gasteiger partial charge < -0.3 is 4.74 Å². The molecule has 3 heteroatoms. The van der Waals surface area contributed by atoms with Gasteiger partial charge >= 0.3 is 5.97 Å². The summed E-state index contributed by atoms with van der Waals surface area (Å²) in [5.41, 5.74) is 1.26. The lowest BCUT2D eigenvalue weighted by Crippen LogP contribution is -2.17. The number of rotatable bonds is 5. The summed E-state index contributed by atoms with van der Waals surface area (Å²) >= 11 is 0. The number of likely N-dealkylation sites (N-methyl/N-ethyl adjacent to an activating group) is 1. The monoisotopic (exact) mass is 219 g/mol. The Morgan fingerprint density at radius 3 is 2.69 bits per heavy atom. The largest absolute Gasteiger partial charge is 0.466 e. The quantitative estimate of drug-likeness (QED) is 0.559. The highest BCUT2D eigenvalue weighted by Gasteiger charge is 1.97. The van der Waals surface area contributed by atoms with Crippen LogP contribution >= 0.6 is 0 Å². The van der Waals surface area contributed by atoms with Crippen LogP contribution in [0.5, 0.6) is 0 Å². The lowest BCUT2D eigenvalue weighted by molar-refractivity contribution is -0.134. The van der Waals surface area contributed by atoms with Crippen molar-refractivity contribution >= 4 is 5.97 Å². The molecule has 0 unspecified atom stereocenters. The van der Waals surface area contributed by atoms with E-state index in [9.17, 15) is 4.79 Å². The van der Waals surface area contributed by atoms with Gasteiger partial charge in [0, 0.05) is 19.2 Å². The van der Waals surface area contributed by atoms with Crippen molar-refractivity contribution in [2.45, 2.75) is 6.54 Å². The van der Waals surface area contributed by atoms with Crippen molar-refractivity contribution in [1.82, 2.24) is 4.90 Å². The predicted octanol–water partition coefficient (Wildman–Crippen LogP) is 1.85. The number of hydrogen-bond donors (Lipinski definition) is 0. The maximum Gasteiger partial charge on any atom is 0.330 e. The Bertz CT molecular complexity index is 346. The first kappa shape index (κ1) is 12.5. The zero-order chi connectivity index (χ0) is 11.8. The van der Waals surface area contributed by atoms with Gasteiger partial charge in [0.25, 0.3) is 0 Å². The molecule has 1 rings (SSSR count). The molecule has 1 aromatic rings. The smallest absolute Gasteiger partial charge is 0.330 e. The molecular weight excluding hydrogens is 202 g/mol. The summed E-state index contributed by atoms with van der Waals surface area (Å²) in [6, 6.07) is 10.2. The van der Waals surface area contributed by atoms with Crippen molar-refractivity contribution < 1.29 is 9.53 Å². The van der Waals surface area contributed by atoms with Gasteiger partial charge in [0.05, 0.1) is 7.11 Å². The van der Waals surface area contributed by atoms with E-state index in [1.165, 1.54) is 18.7 Å². The second-order valence-corrected chi connectivity index (χ2v) is 3.61. The number of methoxy groups -OCH3 is 1. The maximum atomic E-state index is 10.8. The highest BCUT2D eigenvalue weighted by Crippen LogP contribution is 2.02. The third-order valence-corrected chi connectivity index (χ3v) is 2.17. The van der Waals surface area contributed by atoms with E-state index < -0.39 is 0 Å². The van der Waals surface area contributed by atoms with Gasteiger partial charge in [-0.1, -0.05) is 36.4 Å². The maximum absolute atomic E-state index is 10.8. The molecule has 0 saturated heterocycles. The van der Waals surface area contributed by atoms with Crippen LogP contribution < -0.4 is 0 Å². The molecule has 0 bridgehead atoms. The number of esters is 1. The summed E-state index contributed by atoms with van der Waals surface area (Å²) in [4.78, 5) is 12.9. The summed E-state index contributed by atoms with van der Waals surface area (Å²) in [7, 11) is 3.38. The fourth-order valence-electron chi connectivity index (χ4n) is 1.36. The zero-order valence-corrected chi connectivity index (χ0v) is 9.72. The van der Waals surface area contributed by atoms with E-state index >= 15 is 0 Å². The number of benzene rings is 1. The lowest BCUT2D eigenvalue weighted by atomic mass is 10.2. The third kappa shape index (κ3) is 4.75. The van der Waals surface area contributed by atoms with Crippen LogP contribution in [0.1, 0.15) is 5.56 Å². The zero-order valence-electron chi connectivity index (χ0n) is 9.72. The Morgan fingerprint density at radius 1 is 1.38 bits per heavy atom. The van der Waals surface area contributed by atoms with Gasteiger partial charge in [-0.2, -0.15) is 0 Å². The minimum atomic E-state index is -0.312. The van der Waals surface area contributed by atoms with Gasteiger partial charge in [0.2, 0.25) is 0 Å². The van der Waals surface area contributed by atoms with Gasteiger partial charge in [-0.05, 0) is 12.6 Å². The molecule has 0 aromatic heterocycles. The molecule has 0 aliphatic carbocycles. The molecule has 0 heterocycles. The van der Waals surface area contributed by atoms with Crippen LogP contribution in [-0.4, -0.2) is 31.6 Å². The van der Waals surface area contributed by atoms with E-state index in [1.54, 1.807) is 6.08 Å². The molecule has 0 spiro atoms. The first-order valence-corrected chi connectivity index (χ1v) is 5.19. The fourth-order valence-corrected chi connectivity index (χ4v) is 1.36. The highest BCUT2D eigenvalue weighted by atomic mass is 16.5. The van der Waals surface area contributed by atoms with Crippen LogP contribution in [0.15, 0.2) is 42.5 Å². The molecule has 0 atom stereocenters. The molecule has 0 N–H and O–H groups in total. The summed E-state index contributed by atoms with van der Waals surface area (Å²) in [6.45, 7) is 1.59. The van der Waals surface area contributed by atoms with Crippen molar-refractivity contribution in [2.75, 3.05) is 20.7 Å². The second-order valence-electron chi connectivity index (χ2n) is 3.61. The van der Waals surface area contributed by atoms with Crippen LogP contribution in [-0.2, 0) is 16.1 Å². The number of hydrogen-bond acceptors (Lipinski definition) is 3. The Morgan fingerprint density at radius 2 is 2.06 bits per heavy atom. The average molecular weight is 219 g/mol. The fraction of sp³-hybridized carbons (Fsp3) is 0.308. The minimum absolute atomic E-state index is 0.312. The van der Waals surface area contributed by atoms with Gasteiger partial charge in [-0.3, -0.25) is 4.90 Å². The molecule has 1 aromatic carbocycles. The third-order valence-electron chi connectivity index (χ3n) is 2.17. The average Bonchev–Trinajstić information content (AvgIpc) is 2.30. The summed E-state index contributed by atoms with van der Waals surface area (Å²) in [5.74, 6) is -0.312. The van der Waals surface area contributed by atoms with Gasteiger partial charge in [0.1, 0.15) is 0 Å². The van der Waals surface area contributed by atoms with E-state index in [4.69, 9.17) is 0 Å². The van der Waals surface area contributed by atoms with Gasteiger partial charge in [0.15, 0.2) is 0 Å². The van der Waals surface area contributed by atoms with Crippen molar-refractivity contribution in [3.63, 3.8) is 0 Å². The van der Waals surface area contributed by atoms with Crippen LogP contribution in [0.2, 0.25) is 0 Å². The van der Waals surface area contributed by atoms with E-state index in [-0.39, 0.29) is 5.97 Å². The lowest BCUT2D eigenvalue weighted by Gasteiger charge is -2.13. The molecular formula is C13H17NO2. The molecule has 86 valence electrons. The normalized spacial score (nSPS) is 10.9. The highest BCUT2D eigenvalue weighted by molar-refractivity contribution is 5.81. The first-order valence-electron chi connectivity index (χ1n) is 5.19. The molecule has 0 amide bonds. The Labute approximate surface area is 96.3 Å². The number of carbonyl (C=O) groups excluding carboxylic acids is 1. The number of carbonyl (C=O) groups is 1. The topological polar surface area (TPSA) is 29.5 Å². The van der Waals surface area contributed by atoms with Crippen LogP contribution in [0.25, 0.3) is 0 Å². The van der Waals surface area contributed by atoms with Crippen LogP contribution in [0, 0.1) is 0 Å². The molecule has 0 aliphatic rings. The molecule has 0 saturated carbocycles. The van der Waals surface area contributed by atoms with Crippen molar-refractivity contribution in [1.29, 1.82) is 0 Å². The molecule has 0 radical (unpaired) electrons. The molecule has 16 heavy (non-hydrogen) atoms. The van der Waals surface area contributed by atoms with Crippen molar-refractivity contribution in [3.05, 3.63) is 48.0 Å². The van der Waals surface area contributed by atoms with Crippen molar-refractivity contribution in [2.24, 2.45) is 0 Å². The van der Waals surface area contributed by atoms with E-state index in [0.29, 0.717) is 0 Å². The van der Waals surface area contributed by atoms with Gasteiger partial charge in [-0.15, -0.1) is 0 Å². The Hall–Kier alpha value is -1.61. The number of nitrogens with zero attached hydrogens (tertiary/aromatic N) is 1. The molecule has 0 aliphatic heterocycles. The second kappa shape index (κ2) is 6.80. The molecule has 3 nitrogen and oxygen atoms in total. The SMILES string of the molecule is COC(=O)C=CCN(C)Cc1ccccc1. The summed E-state index contributed by atoms with van der Waals surface area (Å²) < 4.78 is 4.51. The Balaban J connectivity index is 2.34. The number of ether oxygens (including phenoxy) is 1. The van der Waals surface area contributed by atoms with E-state index in [2.05, 4.69) is 21.8 Å². The van der Waals surface area contributed by atoms with E-state index in [1.807, 2.05) is 25.2 Å². The minimum Gasteiger partial charge on any atom is -0.466 e. The van der Waals surface area contributed by atoms with E-state index in [0.717, 1.165) is 13.1 Å². The van der Waals surface area contributed by atoms with Crippen molar-refractivity contribution in [3.8, 4) is 0 Å². The standard InChI is InChI=1S/C13H17NO2/c1-14(10-6-9-13(15)16-2)11-12-7-4-3-5-8-12/h3-9H,10-11H2,1-2H3. The Kier molecular flexibility index (Phi) is 5.29.